The summed E-state index contributed by atoms with van der Waals surface area (Å²) in [4.78, 5) is 0. The smallest absolute Gasteiger partial charge is 0.748 e. The summed E-state index contributed by atoms with van der Waals surface area (Å²) in [5.41, 5.74) is 0. The van der Waals surface area contributed by atoms with E-state index in [1.165, 1.54) is 64.2 Å². The topological polar surface area (TPSA) is 77.4 Å². The van der Waals surface area contributed by atoms with Crippen LogP contribution in [0.25, 0.3) is 0 Å². The molecule has 0 aliphatic carbocycles. The van der Waals surface area contributed by atoms with Crippen molar-refractivity contribution in [1.29, 1.82) is 0 Å². The Morgan fingerprint density at radius 2 is 0.900 bits per heavy atom. The normalized spacial score (nSPS) is 13.7. The van der Waals surface area contributed by atoms with Crippen molar-refractivity contribution >= 4 is 10.1 Å². The fourth-order valence-corrected chi connectivity index (χ4v) is 4.91. The Labute approximate surface area is 230 Å². The Morgan fingerprint density at radius 1 is 0.600 bits per heavy atom. The van der Waals surface area contributed by atoms with E-state index in [0.29, 0.717) is 12.8 Å². The number of aliphatic hydroxyl groups is 1. The van der Waals surface area contributed by atoms with Crippen LogP contribution in [0.15, 0.2) is 0 Å². The van der Waals surface area contributed by atoms with Crippen LogP contribution in [0, 0.1) is 0 Å². The molecule has 0 aromatic heterocycles. The Bertz CT molecular complexity index is 442. The van der Waals surface area contributed by atoms with Crippen LogP contribution in [0.4, 0.5) is 0 Å². The summed E-state index contributed by atoms with van der Waals surface area (Å²) >= 11 is 0. The predicted molar refractivity (Wildman–Crippen MR) is 123 cm³/mol. The maximum atomic E-state index is 11.5. The number of aliphatic hydroxyl groups excluding tert-OH is 1. The van der Waals surface area contributed by atoms with E-state index in [1.54, 1.807) is 0 Å². The maximum absolute atomic E-state index is 11.5. The van der Waals surface area contributed by atoms with Crippen LogP contribution in [0.3, 0.4) is 0 Å². The average molecular weight is 473 g/mol. The first kappa shape index (κ1) is 33.7. The molecule has 0 heterocycles. The molecule has 6 heteroatoms. The van der Waals surface area contributed by atoms with Crippen LogP contribution in [0.1, 0.15) is 142 Å². The van der Waals surface area contributed by atoms with Gasteiger partial charge in [0.05, 0.1) is 16.2 Å². The Hall–Kier alpha value is 1.51. The quantitative estimate of drug-likeness (QED) is 0.146. The molecule has 0 aliphatic heterocycles. The number of unbranched alkanes of at least 4 members (excludes halogenated alkanes) is 13. The van der Waals surface area contributed by atoms with Crippen LogP contribution in [0.5, 0.6) is 0 Å². The molecule has 0 fully saturated rings. The van der Waals surface area contributed by atoms with E-state index in [1.807, 2.05) is 0 Å². The zero-order chi connectivity index (χ0) is 21.8. The minimum atomic E-state index is -4.21. The molecule has 30 heavy (non-hydrogen) atoms. The number of hydrogen-bond acceptors (Lipinski definition) is 4. The zero-order valence-corrected chi connectivity index (χ0v) is 24.3. The van der Waals surface area contributed by atoms with Gasteiger partial charge in [-0.05, 0) is 25.7 Å². The molecule has 0 aromatic rings. The standard InChI is InChI=1S/C24H50O4S.K/c1-3-5-7-9-11-13-15-19-23(25)20-17-18-22-24(29(26,27)28)21-16-14-12-10-8-6-4-2;/h23-25H,3-22H2,1-2H3,(H,26,27,28);/q;+1/p-1. The first-order valence-electron chi connectivity index (χ1n) is 12.5. The summed E-state index contributed by atoms with van der Waals surface area (Å²) in [7, 11) is -4.21. The zero-order valence-electron chi connectivity index (χ0n) is 20.4. The Balaban J connectivity index is 0. The summed E-state index contributed by atoms with van der Waals surface area (Å²) in [5.74, 6) is 0. The van der Waals surface area contributed by atoms with Crippen molar-refractivity contribution in [2.75, 3.05) is 0 Å². The molecule has 0 bridgehead atoms. The summed E-state index contributed by atoms with van der Waals surface area (Å²) < 4.78 is 34.6. The van der Waals surface area contributed by atoms with Crippen molar-refractivity contribution in [3.63, 3.8) is 0 Å². The average Bonchev–Trinajstić information content (AvgIpc) is 2.67. The van der Waals surface area contributed by atoms with Crippen LogP contribution in [-0.4, -0.2) is 29.4 Å². The minimum Gasteiger partial charge on any atom is -0.748 e. The SMILES string of the molecule is CCCCCCCCCC(O)CCCCC(CCCCCCCCC)S(=O)(=O)[O-].[K+]. The van der Waals surface area contributed by atoms with Gasteiger partial charge in [-0.1, -0.05) is 117 Å². The van der Waals surface area contributed by atoms with Crippen LogP contribution >= 0.6 is 0 Å². The first-order valence-corrected chi connectivity index (χ1v) is 14.0. The van der Waals surface area contributed by atoms with Gasteiger partial charge in [-0.3, -0.25) is 0 Å². The van der Waals surface area contributed by atoms with E-state index in [-0.39, 0.29) is 57.5 Å². The van der Waals surface area contributed by atoms with E-state index >= 15 is 0 Å². The van der Waals surface area contributed by atoms with E-state index in [9.17, 15) is 18.1 Å². The fraction of sp³-hybridized carbons (Fsp3) is 1.00. The molecule has 0 saturated carbocycles. The molecule has 0 radical (unpaired) electrons. The van der Waals surface area contributed by atoms with E-state index in [0.717, 1.165) is 51.4 Å². The first-order chi connectivity index (χ1) is 13.9. The van der Waals surface area contributed by atoms with Gasteiger partial charge in [0.1, 0.15) is 0 Å². The maximum Gasteiger partial charge on any atom is 1.00 e. The van der Waals surface area contributed by atoms with Gasteiger partial charge < -0.3 is 9.66 Å². The van der Waals surface area contributed by atoms with Gasteiger partial charge in [0.15, 0.2) is 0 Å². The third kappa shape index (κ3) is 22.7. The monoisotopic (exact) mass is 472 g/mol. The molecule has 0 aliphatic rings. The van der Waals surface area contributed by atoms with Crippen LogP contribution in [-0.2, 0) is 10.1 Å². The molecule has 1 N–H and O–H groups in total. The van der Waals surface area contributed by atoms with Gasteiger partial charge in [-0.2, -0.15) is 0 Å². The van der Waals surface area contributed by atoms with Gasteiger partial charge in [0.25, 0.3) is 0 Å². The van der Waals surface area contributed by atoms with Crippen molar-refractivity contribution in [3.05, 3.63) is 0 Å². The Morgan fingerprint density at radius 3 is 1.30 bits per heavy atom. The molecular weight excluding hydrogens is 423 g/mol. The molecule has 4 nitrogen and oxygen atoms in total. The van der Waals surface area contributed by atoms with E-state index < -0.39 is 15.4 Å². The minimum absolute atomic E-state index is 0. The van der Waals surface area contributed by atoms with Gasteiger partial charge in [0.2, 0.25) is 0 Å². The molecule has 0 amide bonds. The number of hydrogen-bond donors (Lipinski definition) is 1. The summed E-state index contributed by atoms with van der Waals surface area (Å²) in [6.45, 7) is 4.42. The van der Waals surface area contributed by atoms with Crippen molar-refractivity contribution in [1.82, 2.24) is 0 Å². The van der Waals surface area contributed by atoms with Crippen molar-refractivity contribution in [3.8, 4) is 0 Å². The molecule has 0 rings (SSSR count). The van der Waals surface area contributed by atoms with Crippen molar-refractivity contribution in [2.45, 2.75) is 154 Å². The van der Waals surface area contributed by atoms with Crippen molar-refractivity contribution < 1.29 is 69.5 Å². The Kier molecular flexibility index (Phi) is 26.6. The molecular formula is C24H49KO4S. The summed E-state index contributed by atoms with van der Waals surface area (Å²) in [6, 6.07) is 0. The predicted octanol–water partition coefficient (Wildman–Crippen LogP) is 4.11. The third-order valence-corrected chi connectivity index (χ3v) is 7.28. The molecule has 176 valence electrons. The van der Waals surface area contributed by atoms with Gasteiger partial charge in [-0.15, -0.1) is 0 Å². The van der Waals surface area contributed by atoms with Crippen molar-refractivity contribution in [2.24, 2.45) is 0 Å². The number of rotatable bonds is 22. The van der Waals surface area contributed by atoms with E-state index in [4.69, 9.17) is 0 Å². The molecule has 2 unspecified atom stereocenters. The van der Waals surface area contributed by atoms with Crippen LogP contribution < -0.4 is 51.4 Å². The second-order valence-corrected chi connectivity index (χ2v) is 10.5. The second-order valence-electron chi connectivity index (χ2n) is 8.87. The van der Waals surface area contributed by atoms with E-state index in [2.05, 4.69) is 13.8 Å². The fourth-order valence-electron chi connectivity index (χ4n) is 4.00. The largest absolute Gasteiger partial charge is 1.00 e. The molecule has 0 spiro atoms. The van der Waals surface area contributed by atoms with Gasteiger partial charge in [0, 0.05) is 5.25 Å². The van der Waals surface area contributed by atoms with Crippen LogP contribution in [0.2, 0.25) is 0 Å². The molecule has 2 atom stereocenters. The second kappa shape index (κ2) is 23.7. The van der Waals surface area contributed by atoms with Gasteiger partial charge >= 0.3 is 51.4 Å². The summed E-state index contributed by atoms with van der Waals surface area (Å²) in [6.07, 6.45) is 20.4. The molecule has 0 saturated heterocycles. The van der Waals surface area contributed by atoms with Gasteiger partial charge in [-0.25, -0.2) is 8.42 Å². The summed E-state index contributed by atoms with van der Waals surface area (Å²) in [5, 5.41) is 9.36. The third-order valence-electron chi connectivity index (χ3n) is 5.99. The molecule has 0 aromatic carbocycles.